The van der Waals surface area contributed by atoms with E-state index in [9.17, 15) is 19.5 Å². The molecule has 4 aromatic carbocycles. The number of benzene rings is 4. The van der Waals surface area contributed by atoms with Gasteiger partial charge in [-0.3, -0.25) is 4.79 Å². The van der Waals surface area contributed by atoms with Crippen LogP contribution >= 0.6 is 0 Å². The molecule has 4 rings (SSSR count). The zero-order valence-corrected chi connectivity index (χ0v) is 16.9. The fourth-order valence-corrected chi connectivity index (χ4v) is 3.70. The third-order valence-corrected chi connectivity index (χ3v) is 5.21. The van der Waals surface area contributed by atoms with E-state index >= 15 is 0 Å². The summed E-state index contributed by atoms with van der Waals surface area (Å²) in [5, 5.41) is 19.3. The van der Waals surface area contributed by atoms with Gasteiger partial charge in [0.1, 0.15) is 0 Å². The predicted octanol–water partition coefficient (Wildman–Crippen LogP) is 5.65. The first kappa shape index (κ1) is 20.8. The van der Waals surface area contributed by atoms with Crippen LogP contribution in [0.4, 0.5) is 0 Å². The van der Waals surface area contributed by atoms with Crippen LogP contribution in [-0.4, -0.2) is 27.9 Å². The smallest absolute Gasteiger partial charge is 0.336 e. The molecule has 0 saturated carbocycles. The lowest BCUT2D eigenvalue weighted by Gasteiger charge is -2.17. The molecule has 0 aliphatic carbocycles. The maximum absolute atomic E-state index is 13.4. The molecule has 0 fully saturated rings. The summed E-state index contributed by atoms with van der Waals surface area (Å²) in [5.41, 5.74) is 2.78. The molecule has 0 radical (unpaired) electrons. The first-order valence-corrected chi connectivity index (χ1v) is 9.86. The van der Waals surface area contributed by atoms with Crippen molar-refractivity contribution in [2.24, 2.45) is 0 Å². The minimum absolute atomic E-state index is 0.0374. The van der Waals surface area contributed by atoms with E-state index in [0.29, 0.717) is 16.7 Å². The van der Waals surface area contributed by atoms with E-state index in [-0.39, 0.29) is 28.0 Å². The normalized spacial score (nSPS) is 10.5. The molecular weight excluding hydrogens is 404 g/mol. The molecule has 0 aliphatic heterocycles. The second-order valence-electron chi connectivity index (χ2n) is 7.16. The molecule has 156 valence electrons. The van der Waals surface area contributed by atoms with Crippen LogP contribution in [0.25, 0.3) is 22.3 Å². The molecule has 32 heavy (non-hydrogen) atoms. The average molecular weight is 422 g/mol. The highest BCUT2D eigenvalue weighted by molar-refractivity contribution is 6.17. The van der Waals surface area contributed by atoms with E-state index in [1.165, 1.54) is 24.3 Å². The van der Waals surface area contributed by atoms with Crippen LogP contribution in [0.2, 0.25) is 0 Å². The molecule has 0 aromatic heterocycles. The average Bonchev–Trinajstić information content (AvgIpc) is 2.83. The lowest BCUT2D eigenvalue weighted by molar-refractivity contribution is 0.0686. The summed E-state index contributed by atoms with van der Waals surface area (Å²) in [7, 11) is 0. The Morgan fingerprint density at radius 1 is 0.531 bits per heavy atom. The van der Waals surface area contributed by atoms with Gasteiger partial charge in [0.25, 0.3) is 0 Å². The van der Waals surface area contributed by atoms with Gasteiger partial charge in [0.15, 0.2) is 5.78 Å². The zero-order valence-electron chi connectivity index (χ0n) is 16.9. The summed E-state index contributed by atoms with van der Waals surface area (Å²) in [6.45, 7) is 0. The van der Waals surface area contributed by atoms with Crippen LogP contribution in [0.1, 0.15) is 36.6 Å². The van der Waals surface area contributed by atoms with E-state index in [2.05, 4.69) is 0 Å². The van der Waals surface area contributed by atoms with Gasteiger partial charge < -0.3 is 10.2 Å². The highest BCUT2D eigenvalue weighted by atomic mass is 16.4. The molecule has 5 heteroatoms. The molecule has 4 aromatic rings. The molecular formula is C27H18O5. The Morgan fingerprint density at radius 2 is 1.06 bits per heavy atom. The van der Waals surface area contributed by atoms with Gasteiger partial charge in [-0.1, -0.05) is 78.9 Å². The quantitative estimate of drug-likeness (QED) is 0.392. The number of carboxylic acid groups (broad SMARTS) is 2. The lowest BCUT2D eigenvalue weighted by Crippen LogP contribution is -2.11. The van der Waals surface area contributed by atoms with Gasteiger partial charge in [-0.15, -0.1) is 0 Å². The molecule has 0 saturated heterocycles. The number of hydrogen-bond acceptors (Lipinski definition) is 3. The third-order valence-electron chi connectivity index (χ3n) is 5.21. The molecule has 0 atom stereocenters. The molecule has 0 aliphatic rings. The molecule has 0 spiro atoms. The second kappa shape index (κ2) is 8.70. The number of carbonyl (C=O) groups is 3. The van der Waals surface area contributed by atoms with Crippen molar-refractivity contribution in [3.8, 4) is 22.3 Å². The van der Waals surface area contributed by atoms with Crippen LogP contribution in [0.15, 0.2) is 97.1 Å². The minimum atomic E-state index is -1.14. The number of ketones is 1. The summed E-state index contributed by atoms with van der Waals surface area (Å²) in [6.07, 6.45) is 0. The van der Waals surface area contributed by atoms with Gasteiger partial charge >= 0.3 is 11.9 Å². The standard InChI is InChI=1S/C27H18O5/c28-25(19-11-13-20(14-12-19)26(29)30)22-16-15-21(17-7-3-1-4-8-17)24(27(31)32)23(22)18-9-5-2-6-10-18/h1-16H,(H,29,30)(H,31,32). The first-order valence-electron chi connectivity index (χ1n) is 9.86. The van der Waals surface area contributed by atoms with Crippen molar-refractivity contribution in [3.05, 3.63) is 119 Å². The van der Waals surface area contributed by atoms with Gasteiger partial charge in [-0.25, -0.2) is 9.59 Å². The first-order chi connectivity index (χ1) is 15.5. The van der Waals surface area contributed by atoms with Crippen LogP contribution in [0, 0.1) is 0 Å². The molecule has 0 bridgehead atoms. The van der Waals surface area contributed by atoms with Crippen LogP contribution in [0.5, 0.6) is 0 Å². The van der Waals surface area contributed by atoms with Crippen molar-refractivity contribution >= 4 is 17.7 Å². The maximum atomic E-state index is 13.4. The largest absolute Gasteiger partial charge is 0.478 e. The predicted molar refractivity (Wildman–Crippen MR) is 121 cm³/mol. The lowest BCUT2D eigenvalue weighted by atomic mass is 9.85. The van der Waals surface area contributed by atoms with Crippen LogP contribution < -0.4 is 0 Å². The van der Waals surface area contributed by atoms with Crippen molar-refractivity contribution in [1.29, 1.82) is 0 Å². The number of rotatable bonds is 6. The van der Waals surface area contributed by atoms with Gasteiger partial charge in [0.2, 0.25) is 0 Å². The van der Waals surface area contributed by atoms with E-state index in [0.717, 1.165) is 5.56 Å². The van der Waals surface area contributed by atoms with E-state index < -0.39 is 11.9 Å². The monoisotopic (exact) mass is 422 g/mol. The number of carbonyl (C=O) groups excluding carboxylic acids is 1. The van der Waals surface area contributed by atoms with Gasteiger partial charge in [0.05, 0.1) is 11.1 Å². The minimum Gasteiger partial charge on any atom is -0.478 e. The fourth-order valence-electron chi connectivity index (χ4n) is 3.70. The van der Waals surface area contributed by atoms with Crippen molar-refractivity contribution < 1.29 is 24.6 Å². The second-order valence-corrected chi connectivity index (χ2v) is 7.16. The summed E-state index contributed by atoms with van der Waals surface area (Å²) < 4.78 is 0. The number of carboxylic acids is 2. The molecule has 0 unspecified atom stereocenters. The van der Waals surface area contributed by atoms with Crippen LogP contribution in [0.3, 0.4) is 0 Å². The molecule has 0 heterocycles. The van der Waals surface area contributed by atoms with E-state index in [1.807, 2.05) is 36.4 Å². The van der Waals surface area contributed by atoms with Crippen molar-refractivity contribution in [2.75, 3.05) is 0 Å². The van der Waals surface area contributed by atoms with E-state index in [4.69, 9.17) is 5.11 Å². The molecule has 5 nitrogen and oxygen atoms in total. The van der Waals surface area contributed by atoms with Gasteiger partial charge in [-0.2, -0.15) is 0 Å². The van der Waals surface area contributed by atoms with E-state index in [1.54, 1.807) is 36.4 Å². The Kier molecular flexibility index (Phi) is 5.64. The summed E-state index contributed by atoms with van der Waals surface area (Å²) in [6, 6.07) is 26.9. The Balaban J connectivity index is 1.97. The Bertz CT molecular complexity index is 1310. The summed E-state index contributed by atoms with van der Waals surface area (Å²) in [5.74, 6) is -2.61. The number of hydrogen-bond donors (Lipinski definition) is 2. The Hall–Kier alpha value is -4.51. The van der Waals surface area contributed by atoms with Gasteiger partial charge in [0, 0.05) is 16.7 Å². The summed E-state index contributed by atoms with van der Waals surface area (Å²) in [4.78, 5) is 37.0. The molecule has 2 N–H and O–H groups in total. The zero-order chi connectivity index (χ0) is 22.7. The summed E-state index contributed by atoms with van der Waals surface area (Å²) >= 11 is 0. The molecule has 0 amide bonds. The van der Waals surface area contributed by atoms with Crippen molar-refractivity contribution in [1.82, 2.24) is 0 Å². The fraction of sp³-hybridized carbons (Fsp3) is 0. The number of aromatic carboxylic acids is 2. The Morgan fingerprint density at radius 3 is 1.59 bits per heavy atom. The van der Waals surface area contributed by atoms with Gasteiger partial charge in [-0.05, 0) is 34.9 Å². The van der Waals surface area contributed by atoms with Crippen molar-refractivity contribution in [3.63, 3.8) is 0 Å². The topological polar surface area (TPSA) is 91.7 Å². The SMILES string of the molecule is O=C(O)c1ccc(C(=O)c2ccc(-c3ccccc3)c(C(=O)O)c2-c2ccccc2)cc1. The maximum Gasteiger partial charge on any atom is 0.336 e. The highest BCUT2D eigenvalue weighted by Gasteiger charge is 2.25. The third kappa shape index (κ3) is 3.91. The highest BCUT2D eigenvalue weighted by Crippen LogP contribution is 2.36. The Labute approximate surface area is 184 Å². The van der Waals surface area contributed by atoms with Crippen molar-refractivity contribution in [2.45, 2.75) is 0 Å². The van der Waals surface area contributed by atoms with Crippen LogP contribution in [-0.2, 0) is 0 Å².